The van der Waals surface area contributed by atoms with E-state index in [0.29, 0.717) is 17.1 Å². The molecule has 7 heteroatoms. The quantitative estimate of drug-likeness (QED) is 0.816. The minimum absolute atomic E-state index is 0.0334. The maximum absolute atomic E-state index is 11.9. The Hall–Kier alpha value is -0.850. The van der Waals surface area contributed by atoms with E-state index in [9.17, 15) is 8.42 Å². The first kappa shape index (κ1) is 14.2. The number of anilines is 1. The van der Waals surface area contributed by atoms with Crippen molar-refractivity contribution in [2.45, 2.75) is 18.6 Å². The lowest BCUT2D eigenvalue weighted by molar-refractivity contribution is 0.594. The van der Waals surface area contributed by atoms with Gasteiger partial charge in [-0.25, -0.2) is 8.42 Å². The molecular formula is C10H13ClN2O2S2. The van der Waals surface area contributed by atoms with Crippen molar-refractivity contribution in [1.29, 1.82) is 0 Å². The SMILES string of the molecule is CCC(C(N)=S)S(=O)(=O)Nc1ccc(Cl)cc1. The maximum Gasteiger partial charge on any atom is 0.242 e. The molecule has 1 aromatic carbocycles. The molecule has 94 valence electrons. The van der Waals surface area contributed by atoms with Crippen LogP contribution < -0.4 is 10.5 Å². The molecule has 0 fully saturated rings. The van der Waals surface area contributed by atoms with Crippen LogP contribution in [0.5, 0.6) is 0 Å². The van der Waals surface area contributed by atoms with Crippen LogP contribution in [0.3, 0.4) is 0 Å². The highest BCUT2D eigenvalue weighted by Gasteiger charge is 2.26. The van der Waals surface area contributed by atoms with E-state index in [1.807, 2.05) is 0 Å². The number of benzene rings is 1. The summed E-state index contributed by atoms with van der Waals surface area (Å²) in [5, 5.41) is -0.331. The van der Waals surface area contributed by atoms with Gasteiger partial charge in [-0.3, -0.25) is 4.72 Å². The molecule has 1 aromatic rings. The second kappa shape index (κ2) is 5.66. The lowest BCUT2D eigenvalue weighted by Crippen LogP contribution is -2.37. The molecule has 1 atom stereocenters. The number of hydrogen-bond donors (Lipinski definition) is 2. The Bertz CT molecular complexity index is 500. The number of hydrogen-bond acceptors (Lipinski definition) is 3. The molecule has 0 aliphatic rings. The topological polar surface area (TPSA) is 72.2 Å². The summed E-state index contributed by atoms with van der Waals surface area (Å²) in [5.74, 6) is 0. The number of halogens is 1. The van der Waals surface area contributed by atoms with Crippen LogP contribution in [0.25, 0.3) is 0 Å². The second-order valence-electron chi connectivity index (χ2n) is 3.45. The average Bonchev–Trinajstić information content (AvgIpc) is 2.21. The van der Waals surface area contributed by atoms with Crippen molar-refractivity contribution in [1.82, 2.24) is 0 Å². The third kappa shape index (κ3) is 3.83. The van der Waals surface area contributed by atoms with Gasteiger partial charge in [0.15, 0.2) is 0 Å². The molecule has 0 amide bonds. The molecule has 0 aliphatic carbocycles. The van der Waals surface area contributed by atoms with Crippen molar-refractivity contribution in [2.75, 3.05) is 4.72 Å². The van der Waals surface area contributed by atoms with Gasteiger partial charge in [0.1, 0.15) is 5.25 Å². The van der Waals surface area contributed by atoms with Crippen LogP contribution in [-0.4, -0.2) is 18.7 Å². The lowest BCUT2D eigenvalue weighted by Gasteiger charge is -2.15. The zero-order valence-electron chi connectivity index (χ0n) is 9.18. The summed E-state index contributed by atoms with van der Waals surface area (Å²) < 4.78 is 26.3. The van der Waals surface area contributed by atoms with E-state index in [0.717, 1.165) is 0 Å². The first-order valence-electron chi connectivity index (χ1n) is 4.93. The molecular weight excluding hydrogens is 280 g/mol. The molecule has 4 nitrogen and oxygen atoms in total. The number of sulfonamides is 1. The van der Waals surface area contributed by atoms with Crippen LogP contribution in [0, 0.1) is 0 Å². The molecule has 0 saturated heterocycles. The Kier molecular flexibility index (Phi) is 4.73. The molecule has 0 radical (unpaired) electrons. The first-order valence-corrected chi connectivity index (χ1v) is 7.26. The van der Waals surface area contributed by atoms with E-state index in [2.05, 4.69) is 4.72 Å². The fourth-order valence-corrected chi connectivity index (χ4v) is 3.35. The molecule has 0 aromatic heterocycles. The van der Waals surface area contributed by atoms with Crippen molar-refractivity contribution in [3.05, 3.63) is 29.3 Å². The van der Waals surface area contributed by atoms with Gasteiger partial charge in [0.2, 0.25) is 10.0 Å². The van der Waals surface area contributed by atoms with Crippen molar-refractivity contribution >= 4 is 44.5 Å². The van der Waals surface area contributed by atoms with Crippen LogP contribution >= 0.6 is 23.8 Å². The van der Waals surface area contributed by atoms with E-state index in [-0.39, 0.29) is 4.99 Å². The van der Waals surface area contributed by atoms with Crippen molar-refractivity contribution in [2.24, 2.45) is 5.73 Å². The summed E-state index contributed by atoms with van der Waals surface area (Å²) in [7, 11) is -3.60. The van der Waals surface area contributed by atoms with Gasteiger partial charge in [0.25, 0.3) is 0 Å². The maximum atomic E-state index is 11.9. The number of nitrogens with one attached hydrogen (secondary N) is 1. The molecule has 0 bridgehead atoms. The fourth-order valence-electron chi connectivity index (χ4n) is 1.33. The minimum Gasteiger partial charge on any atom is -0.392 e. The smallest absolute Gasteiger partial charge is 0.242 e. The molecule has 0 spiro atoms. The normalized spacial score (nSPS) is 13.1. The summed E-state index contributed by atoms with van der Waals surface area (Å²) in [6.07, 6.45) is 0.332. The van der Waals surface area contributed by atoms with Gasteiger partial charge < -0.3 is 5.73 Å². The van der Waals surface area contributed by atoms with Gasteiger partial charge in [-0.1, -0.05) is 30.7 Å². The van der Waals surface area contributed by atoms with Crippen LogP contribution in [0.2, 0.25) is 5.02 Å². The highest BCUT2D eigenvalue weighted by molar-refractivity contribution is 7.95. The summed E-state index contributed by atoms with van der Waals surface area (Å²) >= 11 is 10.4. The third-order valence-electron chi connectivity index (χ3n) is 2.17. The van der Waals surface area contributed by atoms with Crippen LogP contribution in [0.1, 0.15) is 13.3 Å². The minimum atomic E-state index is -3.60. The number of thiocarbonyl (C=S) groups is 1. The van der Waals surface area contributed by atoms with Crippen molar-refractivity contribution in [3.8, 4) is 0 Å². The molecule has 3 N–H and O–H groups in total. The summed E-state index contributed by atoms with van der Waals surface area (Å²) in [6.45, 7) is 1.71. The standard InChI is InChI=1S/C10H13ClN2O2S2/c1-2-9(10(12)16)17(14,15)13-8-5-3-7(11)4-6-8/h3-6,9,13H,2H2,1H3,(H2,12,16). The fraction of sp³-hybridized carbons (Fsp3) is 0.300. The van der Waals surface area contributed by atoms with Gasteiger partial charge in [0.05, 0.1) is 4.99 Å². The van der Waals surface area contributed by atoms with Gasteiger partial charge in [0, 0.05) is 10.7 Å². The summed E-state index contributed by atoms with van der Waals surface area (Å²) in [5.41, 5.74) is 5.84. The Morgan fingerprint density at radius 1 is 1.47 bits per heavy atom. The molecule has 1 rings (SSSR count). The van der Waals surface area contributed by atoms with E-state index in [1.54, 1.807) is 31.2 Å². The Labute approximate surface area is 111 Å². The second-order valence-corrected chi connectivity index (χ2v) is 6.22. The van der Waals surface area contributed by atoms with E-state index < -0.39 is 15.3 Å². The molecule has 0 heterocycles. The predicted molar refractivity (Wildman–Crippen MR) is 74.9 cm³/mol. The Balaban J connectivity index is 2.93. The van der Waals surface area contributed by atoms with Gasteiger partial charge in [-0.05, 0) is 30.7 Å². The predicted octanol–water partition coefficient (Wildman–Crippen LogP) is 2.15. The highest BCUT2D eigenvalue weighted by atomic mass is 35.5. The Morgan fingerprint density at radius 3 is 2.41 bits per heavy atom. The van der Waals surface area contributed by atoms with E-state index in [1.165, 1.54) is 0 Å². The van der Waals surface area contributed by atoms with E-state index in [4.69, 9.17) is 29.6 Å². The van der Waals surface area contributed by atoms with Gasteiger partial charge >= 0.3 is 0 Å². The summed E-state index contributed by atoms with van der Waals surface area (Å²) in [6, 6.07) is 6.35. The lowest BCUT2D eigenvalue weighted by atomic mass is 10.3. The van der Waals surface area contributed by atoms with Crippen LogP contribution in [0.15, 0.2) is 24.3 Å². The van der Waals surface area contributed by atoms with Crippen LogP contribution in [-0.2, 0) is 10.0 Å². The van der Waals surface area contributed by atoms with E-state index >= 15 is 0 Å². The average molecular weight is 293 g/mol. The number of nitrogens with two attached hydrogens (primary N) is 1. The zero-order valence-corrected chi connectivity index (χ0v) is 11.6. The van der Waals surface area contributed by atoms with Gasteiger partial charge in [-0.2, -0.15) is 0 Å². The molecule has 1 unspecified atom stereocenters. The monoisotopic (exact) mass is 292 g/mol. The highest BCUT2D eigenvalue weighted by Crippen LogP contribution is 2.17. The van der Waals surface area contributed by atoms with Crippen molar-refractivity contribution in [3.63, 3.8) is 0 Å². The van der Waals surface area contributed by atoms with Crippen molar-refractivity contribution < 1.29 is 8.42 Å². The van der Waals surface area contributed by atoms with Gasteiger partial charge in [-0.15, -0.1) is 0 Å². The molecule has 17 heavy (non-hydrogen) atoms. The third-order valence-corrected chi connectivity index (χ3v) is 4.71. The Morgan fingerprint density at radius 2 is 2.00 bits per heavy atom. The largest absolute Gasteiger partial charge is 0.392 e. The summed E-state index contributed by atoms with van der Waals surface area (Å²) in [4.78, 5) is -0.0334. The number of rotatable bonds is 5. The first-order chi connectivity index (χ1) is 7.86. The molecule has 0 aliphatic heterocycles. The van der Waals surface area contributed by atoms with Crippen LogP contribution in [0.4, 0.5) is 5.69 Å². The zero-order chi connectivity index (χ0) is 13.1. The molecule has 0 saturated carbocycles.